The lowest BCUT2D eigenvalue weighted by molar-refractivity contribution is 0.195. The summed E-state index contributed by atoms with van der Waals surface area (Å²) in [5.74, 6) is 0. The normalized spacial score (nSPS) is 7.88. The SMILES string of the molecule is Cl.O=C(O)NC(Cl)Cl. The summed E-state index contributed by atoms with van der Waals surface area (Å²) in [6.07, 6.45) is -1.23. The van der Waals surface area contributed by atoms with Crippen molar-refractivity contribution in [2.24, 2.45) is 0 Å². The van der Waals surface area contributed by atoms with E-state index in [0.717, 1.165) is 0 Å². The first-order chi connectivity index (χ1) is 3.13. The van der Waals surface area contributed by atoms with Crippen LogP contribution >= 0.6 is 35.6 Å². The van der Waals surface area contributed by atoms with E-state index in [9.17, 15) is 4.79 Å². The van der Waals surface area contributed by atoms with Crippen LogP contribution in [-0.2, 0) is 0 Å². The van der Waals surface area contributed by atoms with E-state index in [1.165, 1.54) is 0 Å². The van der Waals surface area contributed by atoms with Crippen LogP contribution in [0.25, 0.3) is 0 Å². The Bertz CT molecular complexity index is 75.7. The molecule has 0 aromatic heterocycles. The summed E-state index contributed by atoms with van der Waals surface area (Å²) in [6.45, 7) is 0. The van der Waals surface area contributed by atoms with Crippen LogP contribution in [0.5, 0.6) is 0 Å². The van der Waals surface area contributed by atoms with Gasteiger partial charge in [0, 0.05) is 0 Å². The quantitative estimate of drug-likeness (QED) is 0.474. The fourth-order valence-electron chi connectivity index (χ4n) is 0.0933. The summed E-state index contributed by atoms with van der Waals surface area (Å²) in [5, 5.41) is 9.56. The molecule has 0 aliphatic heterocycles. The Balaban J connectivity index is 0. The van der Waals surface area contributed by atoms with Crippen LogP contribution in [0.2, 0.25) is 0 Å². The molecule has 0 aliphatic carbocycles. The van der Waals surface area contributed by atoms with Crippen molar-refractivity contribution in [3.05, 3.63) is 0 Å². The largest absolute Gasteiger partial charge is 0.465 e. The zero-order valence-corrected chi connectivity index (χ0v) is 5.93. The number of alkyl halides is 2. The third-order valence-corrected chi connectivity index (χ3v) is 0.451. The minimum absolute atomic E-state index is 0. The molecule has 8 heavy (non-hydrogen) atoms. The van der Waals surface area contributed by atoms with Crippen molar-refractivity contribution in [2.45, 2.75) is 4.96 Å². The Hall–Kier alpha value is 0.140. The van der Waals surface area contributed by atoms with E-state index in [1.54, 1.807) is 5.32 Å². The Morgan fingerprint density at radius 2 is 2.00 bits per heavy atom. The first-order valence-electron chi connectivity index (χ1n) is 1.40. The van der Waals surface area contributed by atoms with Gasteiger partial charge in [0.2, 0.25) is 0 Å². The number of carbonyl (C=O) groups is 1. The molecule has 50 valence electrons. The van der Waals surface area contributed by atoms with Crippen molar-refractivity contribution < 1.29 is 9.90 Å². The van der Waals surface area contributed by atoms with Gasteiger partial charge in [0.1, 0.15) is 0 Å². The number of nitrogens with one attached hydrogen (secondary N) is 1. The molecule has 0 aliphatic rings. The number of hydrogen-bond acceptors (Lipinski definition) is 1. The van der Waals surface area contributed by atoms with Crippen LogP contribution in [0.4, 0.5) is 4.79 Å². The van der Waals surface area contributed by atoms with Crippen molar-refractivity contribution in [1.82, 2.24) is 5.32 Å². The highest BCUT2D eigenvalue weighted by atomic mass is 35.5. The van der Waals surface area contributed by atoms with Crippen molar-refractivity contribution in [1.29, 1.82) is 0 Å². The molecule has 0 fully saturated rings. The minimum Gasteiger partial charge on any atom is -0.465 e. The molecular weight excluding hydrogens is 176 g/mol. The molecule has 0 radical (unpaired) electrons. The molecular formula is C2H4Cl3NO2. The number of halogens is 3. The van der Waals surface area contributed by atoms with Gasteiger partial charge in [-0.2, -0.15) is 0 Å². The zero-order chi connectivity index (χ0) is 5.86. The van der Waals surface area contributed by atoms with E-state index in [2.05, 4.69) is 0 Å². The maximum atomic E-state index is 9.53. The number of carboxylic acid groups (broad SMARTS) is 1. The Morgan fingerprint density at radius 3 is 2.00 bits per heavy atom. The van der Waals surface area contributed by atoms with Gasteiger partial charge in [-0.3, -0.25) is 5.32 Å². The fourth-order valence-corrected chi connectivity index (χ4v) is 0.280. The Morgan fingerprint density at radius 1 is 1.62 bits per heavy atom. The van der Waals surface area contributed by atoms with Gasteiger partial charge in [0.25, 0.3) is 0 Å². The number of rotatable bonds is 1. The molecule has 0 aromatic carbocycles. The second-order valence-corrected chi connectivity index (χ2v) is 1.85. The highest BCUT2D eigenvalue weighted by Gasteiger charge is 1.98. The van der Waals surface area contributed by atoms with Gasteiger partial charge in [-0.25, -0.2) is 4.79 Å². The van der Waals surface area contributed by atoms with E-state index in [0.29, 0.717) is 0 Å². The lowest BCUT2D eigenvalue weighted by Crippen LogP contribution is -2.24. The van der Waals surface area contributed by atoms with Crippen molar-refractivity contribution in [3.63, 3.8) is 0 Å². The van der Waals surface area contributed by atoms with Crippen molar-refractivity contribution >= 4 is 41.7 Å². The van der Waals surface area contributed by atoms with E-state index in [1.807, 2.05) is 0 Å². The standard InChI is InChI=1S/C2H3Cl2NO2.ClH/c3-1(4)5-2(6)7;/h1,5H,(H,6,7);1H. The first kappa shape index (κ1) is 11.0. The molecule has 6 heteroatoms. The Labute approximate surface area is 62.4 Å². The summed E-state index contributed by atoms with van der Waals surface area (Å²) in [6, 6.07) is 0. The van der Waals surface area contributed by atoms with Crippen LogP contribution in [0.15, 0.2) is 0 Å². The molecule has 0 rings (SSSR count). The van der Waals surface area contributed by atoms with Gasteiger partial charge in [-0.05, 0) is 0 Å². The summed E-state index contributed by atoms with van der Waals surface area (Å²) in [7, 11) is 0. The topological polar surface area (TPSA) is 49.3 Å². The second kappa shape index (κ2) is 5.28. The molecule has 0 saturated heterocycles. The number of hydrogen-bond donors (Lipinski definition) is 2. The van der Waals surface area contributed by atoms with E-state index < -0.39 is 11.1 Å². The third kappa shape index (κ3) is 9.46. The highest BCUT2D eigenvalue weighted by Crippen LogP contribution is 1.93. The van der Waals surface area contributed by atoms with Gasteiger partial charge in [-0.15, -0.1) is 12.4 Å². The maximum Gasteiger partial charge on any atom is 0.406 e. The molecule has 2 N–H and O–H groups in total. The molecule has 0 aromatic rings. The second-order valence-electron chi connectivity index (χ2n) is 0.750. The fraction of sp³-hybridized carbons (Fsp3) is 0.500. The van der Waals surface area contributed by atoms with Crippen molar-refractivity contribution in [3.8, 4) is 0 Å². The zero-order valence-electron chi connectivity index (χ0n) is 3.60. The monoisotopic (exact) mass is 179 g/mol. The smallest absolute Gasteiger partial charge is 0.406 e. The summed E-state index contributed by atoms with van der Waals surface area (Å²) in [4.78, 5) is 8.50. The molecule has 0 saturated carbocycles. The molecule has 0 heterocycles. The van der Waals surface area contributed by atoms with Gasteiger partial charge in [0.05, 0.1) is 0 Å². The van der Waals surface area contributed by atoms with Gasteiger partial charge in [-0.1, -0.05) is 23.2 Å². The molecule has 3 nitrogen and oxygen atoms in total. The highest BCUT2D eigenvalue weighted by molar-refractivity contribution is 6.44. The first-order valence-corrected chi connectivity index (χ1v) is 2.28. The molecule has 1 amide bonds. The van der Waals surface area contributed by atoms with Gasteiger partial charge in [0.15, 0.2) is 4.96 Å². The molecule has 0 unspecified atom stereocenters. The molecule has 0 spiro atoms. The summed E-state index contributed by atoms with van der Waals surface area (Å²) < 4.78 is 0. The van der Waals surface area contributed by atoms with E-state index in [-0.39, 0.29) is 12.4 Å². The van der Waals surface area contributed by atoms with Crippen molar-refractivity contribution in [2.75, 3.05) is 0 Å². The van der Waals surface area contributed by atoms with E-state index >= 15 is 0 Å². The maximum absolute atomic E-state index is 9.53. The third-order valence-electron chi connectivity index (χ3n) is 0.233. The summed E-state index contributed by atoms with van der Waals surface area (Å²) in [5.41, 5.74) is 0. The average molecular weight is 180 g/mol. The lowest BCUT2D eigenvalue weighted by Gasteiger charge is -1.95. The summed E-state index contributed by atoms with van der Waals surface area (Å²) >= 11 is 9.89. The predicted octanol–water partition coefficient (Wildman–Crippen LogP) is 1.44. The van der Waals surface area contributed by atoms with Crippen LogP contribution in [-0.4, -0.2) is 16.2 Å². The predicted molar refractivity (Wildman–Crippen MR) is 33.9 cm³/mol. The minimum atomic E-state index is -1.23. The lowest BCUT2D eigenvalue weighted by atomic mass is 11.1. The van der Waals surface area contributed by atoms with Crippen LogP contribution in [0.1, 0.15) is 0 Å². The van der Waals surface area contributed by atoms with E-state index in [4.69, 9.17) is 28.3 Å². The van der Waals surface area contributed by atoms with Gasteiger partial charge < -0.3 is 5.11 Å². The van der Waals surface area contributed by atoms with Crippen LogP contribution < -0.4 is 5.32 Å². The number of amides is 1. The Kier molecular flexibility index (Phi) is 7.26. The molecule has 0 bridgehead atoms. The average Bonchev–Trinajstić information content (AvgIpc) is 1.27. The molecule has 0 atom stereocenters. The van der Waals surface area contributed by atoms with Crippen LogP contribution in [0, 0.1) is 0 Å². The van der Waals surface area contributed by atoms with Crippen LogP contribution in [0.3, 0.4) is 0 Å². The van der Waals surface area contributed by atoms with Gasteiger partial charge >= 0.3 is 6.09 Å².